The van der Waals surface area contributed by atoms with Crippen molar-refractivity contribution >= 4 is 17.7 Å². The van der Waals surface area contributed by atoms with E-state index in [1.54, 1.807) is 0 Å². The first-order valence-electron chi connectivity index (χ1n) is 8.56. The van der Waals surface area contributed by atoms with E-state index in [9.17, 15) is 4.79 Å². The highest BCUT2D eigenvalue weighted by molar-refractivity contribution is 7.99. The number of thioether (sulfide) groups is 1. The van der Waals surface area contributed by atoms with E-state index in [0.717, 1.165) is 28.7 Å². The van der Waals surface area contributed by atoms with Crippen molar-refractivity contribution < 1.29 is 4.79 Å². The molecule has 1 amide bonds. The SMILES string of the molecule is Cc1ccc(C)c(-n2c(C)nnc2SCC(=O)NCCC(C)(C)C)c1. The van der Waals surface area contributed by atoms with Crippen LogP contribution >= 0.6 is 11.8 Å². The molecule has 0 bridgehead atoms. The number of benzene rings is 1. The van der Waals surface area contributed by atoms with E-state index >= 15 is 0 Å². The number of nitrogens with zero attached hydrogens (tertiary/aromatic N) is 3. The van der Waals surface area contributed by atoms with Crippen molar-refractivity contribution in [2.45, 2.75) is 53.1 Å². The van der Waals surface area contributed by atoms with Gasteiger partial charge < -0.3 is 5.32 Å². The van der Waals surface area contributed by atoms with Gasteiger partial charge in [-0.1, -0.05) is 44.7 Å². The molecule has 2 rings (SSSR count). The molecule has 136 valence electrons. The third-order valence-corrected chi connectivity index (χ3v) is 4.86. The lowest BCUT2D eigenvalue weighted by Crippen LogP contribution is -2.28. The highest BCUT2D eigenvalue weighted by atomic mass is 32.2. The molecule has 1 aromatic carbocycles. The fourth-order valence-electron chi connectivity index (χ4n) is 2.43. The molecule has 0 fully saturated rings. The summed E-state index contributed by atoms with van der Waals surface area (Å²) >= 11 is 1.42. The van der Waals surface area contributed by atoms with Gasteiger partial charge in [-0.05, 0) is 49.8 Å². The molecule has 0 aliphatic heterocycles. The molecule has 1 N–H and O–H groups in total. The molecule has 6 heteroatoms. The van der Waals surface area contributed by atoms with Crippen LogP contribution in [0.3, 0.4) is 0 Å². The monoisotopic (exact) mass is 360 g/mol. The zero-order chi connectivity index (χ0) is 18.6. The van der Waals surface area contributed by atoms with Crippen molar-refractivity contribution in [2.24, 2.45) is 5.41 Å². The summed E-state index contributed by atoms with van der Waals surface area (Å²) in [5, 5.41) is 12.2. The van der Waals surface area contributed by atoms with Crippen LogP contribution in [0, 0.1) is 26.2 Å². The minimum atomic E-state index is 0.0300. The predicted octanol–water partition coefficient (Wildman–Crippen LogP) is 3.84. The Hall–Kier alpha value is -1.82. The standard InChI is InChI=1S/C19H28N4OS/c1-13-7-8-14(2)16(11-13)23-15(3)21-22-18(23)25-12-17(24)20-10-9-19(4,5)6/h7-8,11H,9-10,12H2,1-6H3,(H,20,24). The molecule has 25 heavy (non-hydrogen) atoms. The van der Waals surface area contributed by atoms with Gasteiger partial charge in [0.05, 0.1) is 11.4 Å². The maximum atomic E-state index is 12.1. The summed E-state index contributed by atoms with van der Waals surface area (Å²) < 4.78 is 2.02. The Morgan fingerprint density at radius 2 is 1.92 bits per heavy atom. The Morgan fingerprint density at radius 1 is 1.20 bits per heavy atom. The molecule has 0 spiro atoms. The Balaban J connectivity index is 2.05. The van der Waals surface area contributed by atoms with E-state index in [4.69, 9.17) is 0 Å². The number of hydrogen-bond acceptors (Lipinski definition) is 4. The predicted molar refractivity (Wildman–Crippen MR) is 103 cm³/mol. The molecular formula is C19H28N4OS. The third-order valence-electron chi connectivity index (χ3n) is 3.93. The number of carbonyl (C=O) groups is 1. The Labute approximate surface area is 154 Å². The van der Waals surface area contributed by atoms with Crippen LogP contribution in [0.1, 0.15) is 44.1 Å². The summed E-state index contributed by atoms with van der Waals surface area (Å²) in [6.45, 7) is 13.3. The van der Waals surface area contributed by atoms with Gasteiger partial charge in [0.1, 0.15) is 5.82 Å². The van der Waals surface area contributed by atoms with Crippen LogP contribution in [-0.4, -0.2) is 33.0 Å². The van der Waals surface area contributed by atoms with Crippen LogP contribution in [0.15, 0.2) is 23.4 Å². The topological polar surface area (TPSA) is 59.8 Å². The Morgan fingerprint density at radius 3 is 2.60 bits per heavy atom. The van der Waals surface area contributed by atoms with Crippen LogP contribution in [0.25, 0.3) is 5.69 Å². The minimum Gasteiger partial charge on any atom is -0.355 e. The van der Waals surface area contributed by atoms with Gasteiger partial charge in [0, 0.05) is 6.54 Å². The van der Waals surface area contributed by atoms with Crippen molar-refractivity contribution in [3.8, 4) is 5.69 Å². The van der Waals surface area contributed by atoms with Crippen molar-refractivity contribution in [2.75, 3.05) is 12.3 Å². The molecule has 0 saturated carbocycles. The number of aromatic nitrogens is 3. The highest BCUT2D eigenvalue weighted by Crippen LogP contribution is 2.24. The summed E-state index contributed by atoms with van der Waals surface area (Å²) in [6.07, 6.45) is 0.960. The third kappa shape index (κ3) is 5.59. The number of rotatable bonds is 6. The lowest BCUT2D eigenvalue weighted by atomic mass is 9.92. The molecule has 0 unspecified atom stereocenters. The number of aryl methyl sites for hydroxylation is 3. The number of amides is 1. The molecule has 0 saturated heterocycles. The number of hydrogen-bond donors (Lipinski definition) is 1. The molecule has 2 aromatic rings. The summed E-state index contributed by atoms with van der Waals surface area (Å²) in [7, 11) is 0. The van der Waals surface area contributed by atoms with E-state index in [-0.39, 0.29) is 11.3 Å². The highest BCUT2D eigenvalue weighted by Gasteiger charge is 2.15. The second-order valence-electron chi connectivity index (χ2n) is 7.60. The summed E-state index contributed by atoms with van der Waals surface area (Å²) in [4.78, 5) is 12.1. The quantitative estimate of drug-likeness (QED) is 0.795. The maximum Gasteiger partial charge on any atom is 0.230 e. The molecule has 5 nitrogen and oxygen atoms in total. The van der Waals surface area contributed by atoms with Crippen LogP contribution in [0.5, 0.6) is 0 Å². The normalized spacial score (nSPS) is 11.6. The second kappa shape index (κ2) is 8.04. The van der Waals surface area contributed by atoms with Crippen LogP contribution in [-0.2, 0) is 4.79 Å². The van der Waals surface area contributed by atoms with Gasteiger partial charge in [0.25, 0.3) is 0 Å². The Kier molecular flexibility index (Phi) is 6.27. The van der Waals surface area contributed by atoms with Crippen molar-refractivity contribution in [3.63, 3.8) is 0 Å². The average molecular weight is 361 g/mol. The van der Waals surface area contributed by atoms with Gasteiger partial charge in [0.15, 0.2) is 5.16 Å². The molecule has 1 heterocycles. The summed E-state index contributed by atoms with van der Waals surface area (Å²) in [5.41, 5.74) is 3.63. The van der Waals surface area contributed by atoms with Crippen molar-refractivity contribution in [1.82, 2.24) is 20.1 Å². The van der Waals surface area contributed by atoms with E-state index in [1.807, 2.05) is 11.5 Å². The van der Waals surface area contributed by atoms with Crippen LogP contribution in [0.2, 0.25) is 0 Å². The first kappa shape index (κ1) is 19.5. The zero-order valence-electron chi connectivity index (χ0n) is 16.0. The second-order valence-corrected chi connectivity index (χ2v) is 8.55. The molecule has 0 aliphatic carbocycles. The fraction of sp³-hybridized carbons (Fsp3) is 0.526. The lowest BCUT2D eigenvalue weighted by Gasteiger charge is -2.18. The maximum absolute atomic E-state index is 12.1. The van der Waals surface area contributed by atoms with Gasteiger partial charge in [-0.2, -0.15) is 0 Å². The summed E-state index contributed by atoms with van der Waals surface area (Å²) in [6, 6.07) is 6.31. The summed E-state index contributed by atoms with van der Waals surface area (Å²) in [5.74, 6) is 1.19. The zero-order valence-corrected chi connectivity index (χ0v) is 16.8. The van der Waals surface area contributed by atoms with Gasteiger partial charge in [-0.3, -0.25) is 9.36 Å². The van der Waals surface area contributed by atoms with Crippen molar-refractivity contribution in [1.29, 1.82) is 0 Å². The Bertz CT molecular complexity index is 746. The van der Waals surface area contributed by atoms with Gasteiger partial charge in [-0.25, -0.2) is 0 Å². The molecule has 0 radical (unpaired) electrons. The van der Waals surface area contributed by atoms with E-state index in [0.29, 0.717) is 12.3 Å². The van der Waals surface area contributed by atoms with E-state index < -0.39 is 0 Å². The van der Waals surface area contributed by atoms with Crippen LogP contribution in [0.4, 0.5) is 0 Å². The van der Waals surface area contributed by atoms with Crippen LogP contribution < -0.4 is 5.32 Å². The fourth-order valence-corrected chi connectivity index (χ4v) is 3.25. The smallest absolute Gasteiger partial charge is 0.230 e. The van der Waals surface area contributed by atoms with E-state index in [1.165, 1.54) is 17.3 Å². The first-order valence-corrected chi connectivity index (χ1v) is 9.55. The van der Waals surface area contributed by atoms with E-state index in [2.05, 4.69) is 68.3 Å². The van der Waals surface area contributed by atoms with Gasteiger partial charge in [-0.15, -0.1) is 10.2 Å². The van der Waals surface area contributed by atoms with Gasteiger partial charge in [0.2, 0.25) is 5.91 Å². The number of carbonyl (C=O) groups excluding carboxylic acids is 1. The number of nitrogens with one attached hydrogen (secondary N) is 1. The van der Waals surface area contributed by atoms with Crippen molar-refractivity contribution in [3.05, 3.63) is 35.2 Å². The molecule has 1 aromatic heterocycles. The average Bonchev–Trinajstić information content (AvgIpc) is 2.87. The lowest BCUT2D eigenvalue weighted by molar-refractivity contribution is -0.118. The van der Waals surface area contributed by atoms with Gasteiger partial charge >= 0.3 is 0 Å². The minimum absolute atomic E-state index is 0.0300. The largest absolute Gasteiger partial charge is 0.355 e. The molecule has 0 aliphatic rings. The molecular weight excluding hydrogens is 332 g/mol. The first-order chi connectivity index (χ1) is 11.7. The molecule has 0 atom stereocenters.